The van der Waals surface area contributed by atoms with Crippen molar-refractivity contribution in [2.24, 2.45) is 0 Å². The van der Waals surface area contributed by atoms with E-state index < -0.39 is 18.2 Å². The van der Waals surface area contributed by atoms with Crippen LogP contribution in [0, 0.1) is 0 Å². The maximum atomic E-state index is 12.8. The number of rotatable bonds is 6. The van der Waals surface area contributed by atoms with Gasteiger partial charge in [-0.25, -0.2) is 4.98 Å². The molecule has 0 spiro atoms. The van der Waals surface area contributed by atoms with Crippen molar-refractivity contribution >= 4 is 5.91 Å². The Balaban J connectivity index is 1.68. The van der Waals surface area contributed by atoms with E-state index in [1.54, 1.807) is 12.1 Å². The van der Waals surface area contributed by atoms with Crippen molar-refractivity contribution in [3.8, 4) is 5.88 Å². The van der Waals surface area contributed by atoms with E-state index in [9.17, 15) is 18.0 Å². The third-order valence-electron chi connectivity index (χ3n) is 4.63. The van der Waals surface area contributed by atoms with Crippen molar-refractivity contribution in [1.82, 2.24) is 10.3 Å². The summed E-state index contributed by atoms with van der Waals surface area (Å²) in [5.74, 6) is -0.243. The van der Waals surface area contributed by atoms with E-state index in [0.29, 0.717) is 5.56 Å². The molecular formula is C19H19F3N2O2. The molecule has 138 valence electrons. The van der Waals surface area contributed by atoms with Gasteiger partial charge in [-0.2, -0.15) is 13.2 Å². The Bertz CT molecular complexity index is 759. The number of alkyl halides is 3. The monoisotopic (exact) mass is 364 g/mol. The highest BCUT2D eigenvalue weighted by Crippen LogP contribution is 2.43. The number of halogens is 3. The SMILES string of the molecule is O=C(NCc1cccnc1OCC(F)(F)F)C1(c2ccccc2)CCC1. The maximum Gasteiger partial charge on any atom is 0.422 e. The Hall–Kier alpha value is -2.57. The summed E-state index contributed by atoms with van der Waals surface area (Å²) < 4.78 is 41.8. The molecule has 1 heterocycles. The minimum Gasteiger partial charge on any atom is -0.468 e. The fourth-order valence-corrected chi connectivity index (χ4v) is 3.12. The van der Waals surface area contributed by atoms with E-state index in [-0.39, 0.29) is 18.3 Å². The van der Waals surface area contributed by atoms with Crippen LogP contribution in [0.15, 0.2) is 48.7 Å². The van der Waals surface area contributed by atoms with Crippen LogP contribution in [-0.2, 0) is 16.8 Å². The van der Waals surface area contributed by atoms with Crippen molar-refractivity contribution in [2.75, 3.05) is 6.61 Å². The van der Waals surface area contributed by atoms with Crippen LogP contribution in [-0.4, -0.2) is 23.7 Å². The van der Waals surface area contributed by atoms with Gasteiger partial charge in [0.05, 0.1) is 5.41 Å². The van der Waals surface area contributed by atoms with E-state index in [1.165, 1.54) is 6.20 Å². The third-order valence-corrected chi connectivity index (χ3v) is 4.63. The number of aromatic nitrogens is 1. The van der Waals surface area contributed by atoms with Crippen LogP contribution in [0.1, 0.15) is 30.4 Å². The first kappa shape index (κ1) is 18.2. The Morgan fingerprint density at radius 3 is 2.50 bits per heavy atom. The zero-order valence-electron chi connectivity index (χ0n) is 14.1. The minimum absolute atomic E-state index is 0.0639. The summed E-state index contributed by atoms with van der Waals surface area (Å²) in [6.45, 7) is -1.35. The molecule has 0 radical (unpaired) electrons. The second-order valence-corrected chi connectivity index (χ2v) is 6.36. The molecule has 0 atom stereocenters. The molecule has 0 unspecified atom stereocenters. The second-order valence-electron chi connectivity index (χ2n) is 6.36. The van der Waals surface area contributed by atoms with Gasteiger partial charge in [-0.15, -0.1) is 0 Å². The molecule has 1 aromatic heterocycles. The van der Waals surface area contributed by atoms with E-state index >= 15 is 0 Å². The Kier molecular flexibility index (Phi) is 5.15. The fraction of sp³-hybridized carbons (Fsp3) is 0.368. The molecule has 1 fully saturated rings. The van der Waals surface area contributed by atoms with Gasteiger partial charge in [-0.05, 0) is 24.5 Å². The van der Waals surface area contributed by atoms with Crippen molar-refractivity contribution in [3.05, 3.63) is 59.8 Å². The Morgan fingerprint density at radius 1 is 1.15 bits per heavy atom. The van der Waals surface area contributed by atoms with Crippen LogP contribution in [0.25, 0.3) is 0 Å². The molecule has 1 aromatic carbocycles. The second kappa shape index (κ2) is 7.35. The van der Waals surface area contributed by atoms with Crippen LogP contribution in [0.3, 0.4) is 0 Å². The highest BCUT2D eigenvalue weighted by Gasteiger charge is 2.45. The first-order valence-electron chi connectivity index (χ1n) is 8.38. The fourth-order valence-electron chi connectivity index (χ4n) is 3.12. The molecule has 4 nitrogen and oxygen atoms in total. The summed E-state index contributed by atoms with van der Waals surface area (Å²) in [7, 11) is 0. The number of hydrogen-bond donors (Lipinski definition) is 1. The number of pyridine rings is 1. The van der Waals surface area contributed by atoms with Crippen LogP contribution in [0.4, 0.5) is 13.2 Å². The molecule has 1 amide bonds. The highest BCUT2D eigenvalue weighted by molar-refractivity contribution is 5.89. The summed E-state index contributed by atoms with van der Waals surface area (Å²) >= 11 is 0. The van der Waals surface area contributed by atoms with Crippen molar-refractivity contribution in [2.45, 2.75) is 37.4 Å². The van der Waals surface area contributed by atoms with Gasteiger partial charge in [0.2, 0.25) is 11.8 Å². The number of carbonyl (C=O) groups is 1. The molecule has 2 aromatic rings. The van der Waals surface area contributed by atoms with Crippen LogP contribution >= 0.6 is 0 Å². The van der Waals surface area contributed by atoms with Gasteiger partial charge >= 0.3 is 6.18 Å². The number of nitrogens with zero attached hydrogens (tertiary/aromatic N) is 1. The van der Waals surface area contributed by atoms with Gasteiger partial charge in [0.15, 0.2) is 6.61 Å². The maximum absolute atomic E-state index is 12.8. The number of nitrogens with one attached hydrogen (secondary N) is 1. The zero-order chi connectivity index (χ0) is 18.6. The normalized spacial score (nSPS) is 15.8. The molecule has 1 N–H and O–H groups in total. The lowest BCUT2D eigenvalue weighted by Gasteiger charge is -2.40. The molecular weight excluding hydrogens is 345 g/mol. The van der Waals surface area contributed by atoms with Gasteiger partial charge in [0.1, 0.15) is 0 Å². The number of hydrogen-bond acceptors (Lipinski definition) is 3. The van der Waals surface area contributed by atoms with Crippen LogP contribution < -0.4 is 10.1 Å². The van der Waals surface area contributed by atoms with Crippen molar-refractivity contribution < 1.29 is 22.7 Å². The number of benzene rings is 1. The molecule has 3 rings (SSSR count). The predicted octanol–water partition coefficient (Wildman–Crippen LogP) is 3.76. The molecule has 1 aliphatic carbocycles. The first-order chi connectivity index (χ1) is 12.4. The summed E-state index contributed by atoms with van der Waals surface area (Å²) in [5.41, 5.74) is 0.812. The summed E-state index contributed by atoms with van der Waals surface area (Å²) in [6, 6.07) is 12.7. The molecule has 1 aliphatic rings. The molecule has 1 saturated carbocycles. The lowest BCUT2D eigenvalue weighted by molar-refractivity contribution is -0.154. The molecule has 0 saturated heterocycles. The van der Waals surface area contributed by atoms with Gasteiger partial charge in [-0.3, -0.25) is 4.79 Å². The van der Waals surface area contributed by atoms with E-state index in [1.807, 2.05) is 30.3 Å². The average Bonchev–Trinajstić information content (AvgIpc) is 2.58. The van der Waals surface area contributed by atoms with E-state index in [0.717, 1.165) is 24.8 Å². The number of ether oxygens (including phenoxy) is 1. The smallest absolute Gasteiger partial charge is 0.422 e. The Labute approximate surface area is 149 Å². The molecule has 7 heteroatoms. The predicted molar refractivity (Wildman–Crippen MR) is 89.6 cm³/mol. The van der Waals surface area contributed by atoms with Gasteiger partial charge < -0.3 is 10.1 Å². The number of amides is 1. The molecule has 0 aliphatic heterocycles. The lowest BCUT2D eigenvalue weighted by Crippen LogP contribution is -2.49. The van der Waals surface area contributed by atoms with Crippen molar-refractivity contribution in [1.29, 1.82) is 0 Å². The minimum atomic E-state index is -4.44. The van der Waals surface area contributed by atoms with Gasteiger partial charge in [-0.1, -0.05) is 42.8 Å². The van der Waals surface area contributed by atoms with E-state index in [2.05, 4.69) is 10.3 Å². The first-order valence-corrected chi connectivity index (χ1v) is 8.38. The number of carbonyl (C=O) groups excluding carboxylic acids is 1. The average molecular weight is 364 g/mol. The molecule has 0 bridgehead atoms. The third kappa shape index (κ3) is 3.98. The van der Waals surface area contributed by atoms with Gasteiger partial charge in [0.25, 0.3) is 0 Å². The summed E-state index contributed by atoms with van der Waals surface area (Å²) in [5, 5.41) is 2.84. The van der Waals surface area contributed by atoms with Crippen molar-refractivity contribution in [3.63, 3.8) is 0 Å². The van der Waals surface area contributed by atoms with Gasteiger partial charge in [0, 0.05) is 18.3 Å². The molecule has 26 heavy (non-hydrogen) atoms. The summed E-state index contributed by atoms with van der Waals surface area (Å²) in [6.07, 6.45) is -0.606. The van der Waals surface area contributed by atoms with Crippen LogP contribution in [0.2, 0.25) is 0 Å². The van der Waals surface area contributed by atoms with Crippen LogP contribution in [0.5, 0.6) is 5.88 Å². The quantitative estimate of drug-likeness (QED) is 0.849. The topological polar surface area (TPSA) is 51.2 Å². The standard InChI is InChI=1S/C19H19F3N2O2/c20-19(21,22)13-26-16-14(6-4-11-23-16)12-24-17(25)18(9-5-10-18)15-7-2-1-3-8-15/h1-4,6-8,11H,5,9-10,12-13H2,(H,24,25). The largest absolute Gasteiger partial charge is 0.468 e. The zero-order valence-corrected chi connectivity index (χ0v) is 14.1. The van der Waals surface area contributed by atoms with E-state index in [4.69, 9.17) is 4.74 Å². The lowest BCUT2D eigenvalue weighted by atomic mass is 9.64. The Morgan fingerprint density at radius 2 is 1.88 bits per heavy atom. The summed E-state index contributed by atoms with van der Waals surface area (Å²) in [4.78, 5) is 16.6. The highest BCUT2D eigenvalue weighted by atomic mass is 19.4.